The van der Waals surface area contributed by atoms with Crippen molar-refractivity contribution in [1.29, 1.82) is 0 Å². The van der Waals surface area contributed by atoms with Crippen LogP contribution in [-0.2, 0) is 21.4 Å². The van der Waals surface area contributed by atoms with Gasteiger partial charge in [0.25, 0.3) is 0 Å². The fourth-order valence-electron chi connectivity index (χ4n) is 2.30. The van der Waals surface area contributed by atoms with E-state index in [1.165, 1.54) is 17.4 Å². The van der Waals surface area contributed by atoms with Crippen molar-refractivity contribution in [2.75, 3.05) is 20.3 Å². The molecule has 2 rings (SSSR count). The molecular weight excluding hydrogens is 285 g/mol. The van der Waals surface area contributed by atoms with Crippen LogP contribution in [0.15, 0.2) is 23.1 Å². The Morgan fingerprint density at radius 3 is 2.65 bits per heavy atom. The predicted octanol–water partition coefficient (Wildman–Crippen LogP) is 1.12. The Labute approximate surface area is 118 Å². The van der Waals surface area contributed by atoms with E-state index in [2.05, 4.69) is 0 Å². The summed E-state index contributed by atoms with van der Waals surface area (Å²) in [7, 11) is -2.34. The highest BCUT2D eigenvalue weighted by atomic mass is 32.2. The topological polar surface area (TPSA) is 66.8 Å². The molecule has 1 aliphatic heterocycles. The fraction of sp³-hybridized carbons (Fsp3) is 0.538. The van der Waals surface area contributed by atoms with E-state index in [4.69, 9.17) is 4.74 Å². The Kier molecular flexibility index (Phi) is 4.74. The van der Waals surface area contributed by atoms with Crippen LogP contribution >= 0.6 is 0 Å². The van der Waals surface area contributed by atoms with Crippen molar-refractivity contribution in [3.8, 4) is 0 Å². The van der Waals surface area contributed by atoms with Crippen LogP contribution in [0.3, 0.4) is 0 Å². The number of aliphatic hydroxyl groups is 1. The maximum absolute atomic E-state index is 13.3. The van der Waals surface area contributed by atoms with Gasteiger partial charge >= 0.3 is 0 Å². The molecule has 0 saturated carbocycles. The number of aliphatic hydroxyl groups excluding tert-OH is 1. The van der Waals surface area contributed by atoms with Crippen LogP contribution in [-0.4, -0.2) is 44.1 Å². The first-order chi connectivity index (χ1) is 9.46. The minimum Gasteiger partial charge on any atom is -0.392 e. The summed E-state index contributed by atoms with van der Waals surface area (Å²) in [5, 5.41) is 9.24. The van der Waals surface area contributed by atoms with Crippen LogP contribution in [0.25, 0.3) is 0 Å². The molecule has 0 spiro atoms. The summed E-state index contributed by atoms with van der Waals surface area (Å²) in [6.07, 6.45) is 1.22. The number of ether oxygens (including phenoxy) is 1. The van der Waals surface area contributed by atoms with Crippen LogP contribution in [0.2, 0.25) is 0 Å². The van der Waals surface area contributed by atoms with Gasteiger partial charge in [0, 0.05) is 26.3 Å². The number of hydrogen-bond donors (Lipinski definition) is 1. The maximum Gasteiger partial charge on any atom is 0.243 e. The van der Waals surface area contributed by atoms with Crippen molar-refractivity contribution in [1.82, 2.24) is 4.31 Å². The minimum atomic E-state index is -3.83. The summed E-state index contributed by atoms with van der Waals surface area (Å²) in [5.41, 5.74) is 0.199. The second-order valence-corrected chi connectivity index (χ2v) is 6.74. The first-order valence-electron chi connectivity index (χ1n) is 6.42. The van der Waals surface area contributed by atoms with Gasteiger partial charge in [-0.1, -0.05) is 6.07 Å². The van der Waals surface area contributed by atoms with Crippen molar-refractivity contribution in [2.45, 2.75) is 30.4 Å². The van der Waals surface area contributed by atoms with Crippen LogP contribution in [0, 0.1) is 5.82 Å². The van der Waals surface area contributed by atoms with Gasteiger partial charge in [-0.25, -0.2) is 12.8 Å². The summed E-state index contributed by atoms with van der Waals surface area (Å²) in [5.74, 6) is -0.638. The Morgan fingerprint density at radius 1 is 1.40 bits per heavy atom. The van der Waals surface area contributed by atoms with Crippen LogP contribution in [0.4, 0.5) is 4.39 Å². The van der Waals surface area contributed by atoms with Gasteiger partial charge in [0.2, 0.25) is 10.0 Å². The van der Waals surface area contributed by atoms with E-state index in [0.717, 1.165) is 12.1 Å². The second-order valence-electron chi connectivity index (χ2n) is 4.77. The smallest absolute Gasteiger partial charge is 0.243 e. The van der Waals surface area contributed by atoms with Crippen LogP contribution in [0.1, 0.15) is 18.4 Å². The zero-order valence-electron chi connectivity index (χ0n) is 11.3. The molecule has 0 radical (unpaired) electrons. The molecule has 20 heavy (non-hydrogen) atoms. The van der Waals surface area contributed by atoms with Crippen molar-refractivity contribution in [2.24, 2.45) is 0 Å². The number of hydrogen-bond acceptors (Lipinski definition) is 4. The number of sulfonamides is 1. The van der Waals surface area contributed by atoms with E-state index in [1.807, 2.05) is 0 Å². The Balaban J connectivity index is 2.36. The molecule has 5 nitrogen and oxygen atoms in total. The van der Waals surface area contributed by atoms with Gasteiger partial charge < -0.3 is 9.84 Å². The number of halogens is 1. The highest BCUT2D eigenvalue weighted by molar-refractivity contribution is 7.89. The Bertz CT molecular complexity index is 570. The molecular formula is C13H18FNO4S. The lowest BCUT2D eigenvalue weighted by atomic mass is 10.1. The fourth-order valence-corrected chi connectivity index (χ4v) is 3.94. The molecule has 0 unspecified atom stereocenters. The lowest BCUT2D eigenvalue weighted by Gasteiger charge is -2.30. The Morgan fingerprint density at radius 2 is 2.05 bits per heavy atom. The molecule has 0 aliphatic carbocycles. The van der Waals surface area contributed by atoms with E-state index < -0.39 is 22.4 Å². The van der Waals surface area contributed by atoms with Crippen LogP contribution < -0.4 is 0 Å². The molecule has 1 heterocycles. The molecule has 1 aliphatic rings. The predicted molar refractivity (Wildman–Crippen MR) is 71.1 cm³/mol. The van der Waals surface area contributed by atoms with Gasteiger partial charge in [-0.05, 0) is 30.5 Å². The van der Waals surface area contributed by atoms with Crippen LogP contribution in [0.5, 0.6) is 0 Å². The van der Waals surface area contributed by atoms with E-state index in [0.29, 0.717) is 26.1 Å². The van der Waals surface area contributed by atoms with E-state index in [9.17, 15) is 17.9 Å². The summed E-state index contributed by atoms with van der Waals surface area (Å²) < 4.78 is 44.9. The van der Waals surface area contributed by atoms with Gasteiger partial charge in [0.15, 0.2) is 0 Å². The largest absolute Gasteiger partial charge is 0.392 e. The van der Waals surface area contributed by atoms with Gasteiger partial charge in [-0.15, -0.1) is 0 Å². The first kappa shape index (κ1) is 15.4. The van der Waals surface area contributed by atoms with Crippen molar-refractivity contribution < 1.29 is 22.7 Å². The first-order valence-corrected chi connectivity index (χ1v) is 7.86. The highest BCUT2D eigenvalue weighted by Crippen LogP contribution is 2.25. The van der Waals surface area contributed by atoms with Gasteiger partial charge in [-0.3, -0.25) is 0 Å². The molecule has 7 heteroatoms. The SMILES string of the molecule is CN(C1CCOCC1)S(=O)(=O)c1cc(F)ccc1CO. The van der Waals surface area contributed by atoms with E-state index in [1.54, 1.807) is 0 Å². The van der Waals surface area contributed by atoms with E-state index in [-0.39, 0.29) is 16.5 Å². The summed E-state index contributed by atoms with van der Waals surface area (Å²) in [6, 6.07) is 3.22. The van der Waals surface area contributed by atoms with Crippen molar-refractivity contribution >= 4 is 10.0 Å². The molecule has 0 bridgehead atoms. The van der Waals surface area contributed by atoms with Gasteiger partial charge in [-0.2, -0.15) is 4.31 Å². The quantitative estimate of drug-likeness (QED) is 0.905. The molecule has 0 amide bonds. The monoisotopic (exact) mass is 303 g/mol. The summed E-state index contributed by atoms with van der Waals surface area (Å²) >= 11 is 0. The second kappa shape index (κ2) is 6.17. The number of benzene rings is 1. The number of rotatable bonds is 4. The zero-order valence-corrected chi connectivity index (χ0v) is 12.1. The molecule has 112 valence electrons. The van der Waals surface area contributed by atoms with Gasteiger partial charge in [0.1, 0.15) is 5.82 Å². The van der Waals surface area contributed by atoms with Gasteiger partial charge in [0.05, 0.1) is 11.5 Å². The lowest BCUT2D eigenvalue weighted by Crippen LogP contribution is -2.40. The van der Waals surface area contributed by atoms with E-state index >= 15 is 0 Å². The molecule has 1 N–H and O–H groups in total. The van der Waals surface area contributed by atoms with Crippen molar-refractivity contribution in [3.63, 3.8) is 0 Å². The normalized spacial score (nSPS) is 17.6. The molecule has 1 aromatic carbocycles. The average Bonchev–Trinajstić information content (AvgIpc) is 2.47. The molecule has 1 fully saturated rings. The summed E-state index contributed by atoms with van der Waals surface area (Å²) in [6.45, 7) is 0.581. The third-order valence-corrected chi connectivity index (χ3v) is 5.55. The summed E-state index contributed by atoms with van der Waals surface area (Å²) in [4.78, 5) is -0.172. The maximum atomic E-state index is 13.3. The zero-order chi connectivity index (χ0) is 14.8. The minimum absolute atomic E-state index is 0.163. The highest BCUT2D eigenvalue weighted by Gasteiger charge is 2.31. The molecule has 1 aromatic rings. The molecule has 0 aromatic heterocycles. The third kappa shape index (κ3) is 3.01. The molecule has 0 atom stereocenters. The standard InChI is InChI=1S/C13H18FNO4S/c1-15(12-4-6-19-7-5-12)20(17,18)13-8-11(14)3-2-10(13)9-16/h2-3,8,12,16H,4-7,9H2,1H3. The lowest BCUT2D eigenvalue weighted by molar-refractivity contribution is 0.0632. The number of nitrogens with zero attached hydrogens (tertiary/aromatic N) is 1. The Hall–Kier alpha value is -1.02. The average molecular weight is 303 g/mol. The van der Waals surface area contributed by atoms with Crippen molar-refractivity contribution in [3.05, 3.63) is 29.6 Å². The molecule has 1 saturated heterocycles. The third-order valence-electron chi connectivity index (χ3n) is 3.56.